The van der Waals surface area contributed by atoms with Crippen LogP contribution in [0.25, 0.3) is 0 Å². The fourth-order valence-electron chi connectivity index (χ4n) is 2.57. The highest BCUT2D eigenvalue weighted by Crippen LogP contribution is 2.41. The average molecular weight is 220 g/mol. The number of phenolic OH excluding ortho intramolecular Hbond substituents is 1. The smallest absolute Gasteiger partial charge is 0.140 e. The van der Waals surface area contributed by atoms with Crippen molar-refractivity contribution in [1.82, 2.24) is 0 Å². The second-order valence-corrected chi connectivity index (χ2v) is 4.96. The standard InChI is InChI=1S/C13H20N2O/c1-8-2-4-9(5-3-8)10-6-7-11(16)13(15)12(10)14/h6-9,16H,2-5,14-15H2,1H3. The maximum absolute atomic E-state index is 9.46. The molecule has 1 aromatic carbocycles. The van der Waals surface area contributed by atoms with Gasteiger partial charge < -0.3 is 16.6 Å². The molecular weight excluding hydrogens is 200 g/mol. The van der Waals surface area contributed by atoms with Gasteiger partial charge in [-0.2, -0.15) is 0 Å². The van der Waals surface area contributed by atoms with Gasteiger partial charge >= 0.3 is 0 Å². The molecule has 16 heavy (non-hydrogen) atoms. The Balaban J connectivity index is 2.24. The summed E-state index contributed by atoms with van der Waals surface area (Å²) in [7, 11) is 0. The Bertz CT molecular complexity index is 382. The van der Waals surface area contributed by atoms with Gasteiger partial charge in [0.25, 0.3) is 0 Å². The summed E-state index contributed by atoms with van der Waals surface area (Å²) in [5.74, 6) is 1.43. The first-order valence-electron chi connectivity index (χ1n) is 5.96. The molecular formula is C13H20N2O. The van der Waals surface area contributed by atoms with E-state index in [1.54, 1.807) is 6.07 Å². The van der Waals surface area contributed by atoms with Crippen LogP contribution in [0, 0.1) is 5.92 Å². The molecule has 0 aromatic heterocycles. The van der Waals surface area contributed by atoms with Crippen LogP contribution in [-0.4, -0.2) is 5.11 Å². The number of hydrogen-bond donors (Lipinski definition) is 3. The summed E-state index contributed by atoms with van der Waals surface area (Å²) in [6.45, 7) is 2.30. The molecule has 5 N–H and O–H groups in total. The highest BCUT2D eigenvalue weighted by Gasteiger charge is 2.22. The van der Waals surface area contributed by atoms with Gasteiger partial charge in [0.05, 0.1) is 11.4 Å². The van der Waals surface area contributed by atoms with Gasteiger partial charge in [0.1, 0.15) is 5.75 Å². The van der Waals surface area contributed by atoms with Crippen molar-refractivity contribution in [1.29, 1.82) is 0 Å². The maximum Gasteiger partial charge on any atom is 0.140 e. The van der Waals surface area contributed by atoms with Gasteiger partial charge in [0.15, 0.2) is 0 Å². The molecule has 0 bridgehead atoms. The molecule has 1 fully saturated rings. The molecule has 3 heteroatoms. The van der Waals surface area contributed by atoms with E-state index in [4.69, 9.17) is 11.5 Å². The van der Waals surface area contributed by atoms with Crippen LogP contribution in [0.2, 0.25) is 0 Å². The summed E-state index contributed by atoms with van der Waals surface area (Å²) >= 11 is 0. The van der Waals surface area contributed by atoms with Crippen LogP contribution in [0.1, 0.15) is 44.1 Å². The molecule has 1 aliphatic rings. The first-order valence-corrected chi connectivity index (χ1v) is 5.96. The van der Waals surface area contributed by atoms with E-state index in [-0.39, 0.29) is 5.75 Å². The van der Waals surface area contributed by atoms with E-state index >= 15 is 0 Å². The molecule has 1 saturated carbocycles. The van der Waals surface area contributed by atoms with Crippen molar-refractivity contribution in [3.8, 4) is 5.75 Å². The van der Waals surface area contributed by atoms with Crippen LogP contribution in [0.3, 0.4) is 0 Å². The van der Waals surface area contributed by atoms with Gasteiger partial charge in [-0.15, -0.1) is 0 Å². The third kappa shape index (κ3) is 1.94. The first-order chi connectivity index (χ1) is 7.59. The molecule has 0 unspecified atom stereocenters. The molecule has 0 saturated heterocycles. The van der Waals surface area contributed by atoms with Crippen LogP contribution in [0.5, 0.6) is 5.75 Å². The van der Waals surface area contributed by atoms with E-state index in [0.29, 0.717) is 17.3 Å². The quantitative estimate of drug-likeness (QED) is 0.503. The van der Waals surface area contributed by atoms with Crippen molar-refractivity contribution in [2.75, 3.05) is 11.5 Å². The molecule has 88 valence electrons. The van der Waals surface area contributed by atoms with Gasteiger partial charge in [-0.25, -0.2) is 0 Å². The zero-order valence-electron chi connectivity index (χ0n) is 9.74. The van der Waals surface area contributed by atoms with Crippen LogP contribution in [0.4, 0.5) is 11.4 Å². The van der Waals surface area contributed by atoms with Gasteiger partial charge in [-0.05, 0) is 36.3 Å². The van der Waals surface area contributed by atoms with Crippen molar-refractivity contribution in [3.05, 3.63) is 17.7 Å². The number of hydrogen-bond acceptors (Lipinski definition) is 3. The second-order valence-electron chi connectivity index (χ2n) is 4.96. The Labute approximate surface area is 96.5 Å². The minimum Gasteiger partial charge on any atom is -0.506 e. The largest absolute Gasteiger partial charge is 0.506 e. The van der Waals surface area contributed by atoms with Crippen LogP contribution >= 0.6 is 0 Å². The highest BCUT2D eigenvalue weighted by atomic mass is 16.3. The predicted octanol–water partition coefficient (Wildman–Crippen LogP) is 2.85. The summed E-state index contributed by atoms with van der Waals surface area (Å²) in [4.78, 5) is 0. The zero-order chi connectivity index (χ0) is 11.7. The van der Waals surface area contributed by atoms with Crippen LogP contribution in [-0.2, 0) is 0 Å². The number of phenols is 1. The molecule has 0 amide bonds. The molecule has 0 heterocycles. The number of rotatable bonds is 1. The Morgan fingerprint density at radius 2 is 1.69 bits per heavy atom. The summed E-state index contributed by atoms with van der Waals surface area (Å²) < 4.78 is 0. The lowest BCUT2D eigenvalue weighted by Crippen LogP contribution is -2.13. The lowest BCUT2D eigenvalue weighted by molar-refractivity contribution is 0.348. The van der Waals surface area contributed by atoms with Gasteiger partial charge in [0.2, 0.25) is 0 Å². The Kier molecular flexibility index (Phi) is 2.95. The molecule has 0 atom stereocenters. The molecule has 3 nitrogen and oxygen atoms in total. The highest BCUT2D eigenvalue weighted by molar-refractivity contribution is 5.74. The molecule has 0 spiro atoms. The fourth-order valence-corrected chi connectivity index (χ4v) is 2.57. The van der Waals surface area contributed by atoms with E-state index in [0.717, 1.165) is 11.5 Å². The SMILES string of the molecule is CC1CCC(c2ccc(O)c(N)c2N)CC1. The molecule has 1 aromatic rings. The predicted molar refractivity (Wildman–Crippen MR) is 67.3 cm³/mol. The molecule has 0 radical (unpaired) electrons. The van der Waals surface area contributed by atoms with E-state index < -0.39 is 0 Å². The number of nitrogen functional groups attached to an aromatic ring is 2. The summed E-state index contributed by atoms with van der Waals surface area (Å²) in [5, 5.41) is 9.46. The number of benzene rings is 1. The first kappa shape index (κ1) is 11.1. The monoisotopic (exact) mass is 220 g/mol. The van der Waals surface area contributed by atoms with Crippen molar-refractivity contribution in [3.63, 3.8) is 0 Å². The Hall–Kier alpha value is -1.38. The Morgan fingerprint density at radius 3 is 2.31 bits per heavy atom. The lowest BCUT2D eigenvalue weighted by atomic mass is 9.79. The minimum atomic E-state index is 0.0884. The molecule has 2 rings (SSSR count). The van der Waals surface area contributed by atoms with Crippen molar-refractivity contribution in [2.45, 2.75) is 38.5 Å². The minimum absolute atomic E-state index is 0.0884. The average Bonchev–Trinajstić information content (AvgIpc) is 2.28. The second kappa shape index (κ2) is 4.24. The molecule has 0 aliphatic heterocycles. The molecule has 1 aliphatic carbocycles. The number of anilines is 2. The van der Waals surface area contributed by atoms with Crippen molar-refractivity contribution < 1.29 is 5.11 Å². The van der Waals surface area contributed by atoms with E-state index in [9.17, 15) is 5.11 Å². The van der Waals surface area contributed by atoms with Crippen molar-refractivity contribution in [2.24, 2.45) is 5.92 Å². The van der Waals surface area contributed by atoms with E-state index in [2.05, 4.69) is 6.92 Å². The van der Waals surface area contributed by atoms with Gasteiger partial charge in [-0.1, -0.05) is 25.8 Å². The van der Waals surface area contributed by atoms with Crippen molar-refractivity contribution >= 4 is 11.4 Å². The summed E-state index contributed by atoms with van der Waals surface area (Å²) in [6.07, 6.45) is 4.86. The third-order valence-electron chi connectivity index (χ3n) is 3.75. The van der Waals surface area contributed by atoms with E-state index in [1.807, 2.05) is 6.07 Å². The fraction of sp³-hybridized carbons (Fsp3) is 0.538. The number of aromatic hydroxyl groups is 1. The van der Waals surface area contributed by atoms with Gasteiger partial charge in [0, 0.05) is 0 Å². The van der Waals surface area contributed by atoms with E-state index in [1.165, 1.54) is 25.7 Å². The normalized spacial score (nSPS) is 25.6. The van der Waals surface area contributed by atoms with Gasteiger partial charge in [-0.3, -0.25) is 0 Å². The van der Waals surface area contributed by atoms with Crippen LogP contribution < -0.4 is 11.5 Å². The topological polar surface area (TPSA) is 72.3 Å². The Morgan fingerprint density at radius 1 is 1.06 bits per heavy atom. The van der Waals surface area contributed by atoms with Crippen LogP contribution in [0.15, 0.2) is 12.1 Å². The summed E-state index contributed by atoms with van der Waals surface area (Å²) in [6, 6.07) is 3.57. The maximum atomic E-state index is 9.46. The number of nitrogens with two attached hydrogens (primary N) is 2. The zero-order valence-corrected chi connectivity index (χ0v) is 9.74. The lowest BCUT2D eigenvalue weighted by Gasteiger charge is -2.27. The third-order valence-corrected chi connectivity index (χ3v) is 3.75. The summed E-state index contributed by atoms with van der Waals surface area (Å²) in [5.41, 5.74) is 13.7.